The molecule has 0 heterocycles. The van der Waals surface area contributed by atoms with Gasteiger partial charge in [0.2, 0.25) is 0 Å². The van der Waals surface area contributed by atoms with Gasteiger partial charge in [0.1, 0.15) is 13.5 Å². The molecule has 0 rings (SSSR count). The molecule has 0 amide bonds. The number of ether oxygens (including phenoxy) is 2. The second-order valence-corrected chi connectivity index (χ2v) is 3.95. The maximum atomic E-state index is 5.43. The summed E-state index contributed by atoms with van der Waals surface area (Å²) in [6.07, 6.45) is 1.09. The minimum absolute atomic E-state index is 0.143. The van der Waals surface area contributed by atoms with Gasteiger partial charge in [-0.25, -0.2) is 0 Å². The summed E-state index contributed by atoms with van der Waals surface area (Å²) >= 11 is 0. The van der Waals surface area contributed by atoms with Gasteiger partial charge in [-0.1, -0.05) is 6.92 Å². The monoisotopic (exact) mass is 203 g/mol. The third-order valence-corrected chi connectivity index (χ3v) is 2.62. The van der Waals surface area contributed by atoms with Crippen LogP contribution in [0.4, 0.5) is 0 Å². The van der Waals surface area contributed by atoms with Gasteiger partial charge >= 0.3 is 0 Å². The first kappa shape index (κ1) is 13.9. The summed E-state index contributed by atoms with van der Waals surface area (Å²) in [6, 6.07) is 0. The second kappa shape index (κ2) is 7.21. The number of hydrogen-bond donors (Lipinski definition) is 0. The second-order valence-electron chi connectivity index (χ2n) is 3.95. The van der Waals surface area contributed by atoms with Crippen LogP contribution in [0.5, 0.6) is 0 Å². The van der Waals surface area contributed by atoms with Crippen molar-refractivity contribution in [3.8, 4) is 0 Å². The van der Waals surface area contributed by atoms with Crippen LogP contribution in [-0.4, -0.2) is 37.1 Å². The summed E-state index contributed by atoms with van der Waals surface area (Å²) in [4.78, 5) is 2.22. The van der Waals surface area contributed by atoms with E-state index in [0.29, 0.717) is 13.5 Å². The van der Waals surface area contributed by atoms with Crippen molar-refractivity contribution >= 4 is 0 Å². The van der Waals surface area contributed by atoms with Crippen molar-refractivity contribution in [1.82, 2.24) is 4.90 Å². The van der Waals surface area contributed by atoms with Gasteiger partial charge in [0, 0.05) is 18.8 Å². The van der Waals surface area contributed by atoms with E-state index in [-0.39, 0.29) is 5.54 Å². The summed E-state index contributed by atoms with van der Waals surface area (Å²) in [6.45, 7) is 13.4. The van der Waals surface area contributed by atoms with Crippen molar-refractivity contribution in [2.24, 2.45) is 0 Å². The van der Waals surface area contributed by atoms with Gasteiger partial charge in [0.15, 0.2) is 0 Å². The Morgan fingerprint density at radius 3 is 1.64 bits per heavy atom. The fourth-order valence-electron chi connectivity index (χ4n) is 1.01. The Kier molecular flexibility index (Phi) is 7.15. The van der Waals surface area contributed by atoms with E-state index in [1.54, 1.807) is 0 Å². The highest BCUT2D eigenvalue weighted by Crippen LogP contribution is 2.17. The topological polar surface area (TPSA) is 21.7 Å². The van der Waals surface area contributed by atoms with Gasteiger partial charge in [-0.2, -0.15) is 0 Å². The molecule has 0 N–H and O–H groups in total. The molecule has 3 heteroatoms. The lowest BCUT2D eigenvalue weighted by Crippen LogP contribution is -2.46. The first-order chi connectivity index (χ1) is 6.58. The summed E-state index contributed by atoms with van der Waals surface area (Å²) in [5, 5.41) is 0. The van der Waals surface area contributed by atoms with Crippen molar-refractivity contribution in [1.29, 1.82) is 0 Å². The van der Waals surface area contributed by atoms with Crippen molar-refractivity contribution in [3.05, 3.63) is 0 Å². The molecule has 0 aromatic heterocycles. The Bertz CT molecular complexity index is 129. The fourth-order valence-corrected chi connectivity index (χ4v) is 1.01. The fraction of sp³-hybridized carbons (Fsp3) is 1.00. The zero-order chi connectivity index (χ0) is 11.0. The molecular weight excluding hydrogens is 178 g/mol. The van der Waals surface area contributed by atoms with Gasteiger partial charge in [-0.05, 0) is 34.1 Å². The van der Waals surface area contributed by atoms with Crippen molar-refractivity contribution < 1.29 is 9.47 Å². The summed E-state index contributed by atoms with van der Waals surface area (Å²) in [5.74, 6) is 0. The van der Waals surface area contributed by atoms with Gasteiger partial charge in [-0.15, -0.1) is 0 Å². The molecule has 0 aromatic rings. The number of rotatable bonds is 8. The first-order valence-corrected chi connectivity index (χ1v) is 5.49. The average molecular weight is 203 g/mol. The molecule has 0 aromatic carbocycles. The molecule has 0 saturated heterocycles. The van der Waals surface area contributed by atoms with E-state index in [9.17, 15) is 0 Å². The summed E-state index contributed by atoms with van der Waals surface area (Å²) in [5.41, 5.74) is 0.143. The minimum Gasteiger partial charge on any atom is -0.366 e. The average Bonchev–Trinajstić information content (AvgIpc) is 2.17. The molecule has 0 spiro atoms. The lowest BCUT2D eigenvalue weighted by molar-refractivity contribution is -0.0876. The van der Waals surface area contributed by atoms with Crippen LogP contribution in [0.2, 0.25) is 0 Å². The van der Waals surface area contributed by atoms with Gasteiger partial charge in [-0.3, -0.25) is 4.90 Å². The maximum Gasteiger partial charge on any atom is 0.101 e. The van der Waals surface area contributed by atoms with E-state index in [1.807, 2.05) is 13.8 Å². The van der Waals surface area contributed by atoms with Crippen molar-refractivity contribution in [2.45, 2.75) is 46.6 Å². The van der Waals surface area contributed by atoms with E-state index < -0.39 is 0 Å². The molecule has 0 saturated carbocycles. The largest absolute Gasteiger partial charge is 0.366 e. The van der Waals surface area contributed by atoms with Crippen LogP contribution in [-0.2, 0) is 9.47 Å². The Labute approximate surface area is 88.4 Å². The highest BCUT2D eigenvalue weighted by atomic mass is 16.5. The molecular formula is C11H25NO2. The third kappa shape index (κ3) is 4.94. The normalized spacial score (nSPS) is 12.4. The van der Waals surface area contributed by atoms with E-state index in [4.69, 9.17) is 9.47 Å². The summed E-state index contributed by atoms with van der Waals surface area (Å²) < 4.78 is 10.9. The third-order valence-electron chi connectivity index (χ3n) is 2.62. The Hall–Kier alpha value is -0.120. The van der Waals surface area contributed by atoms with Crippen LogP contribution in [0.1, 0.15) is 41.0 Å². The van der Waals surface area contributed by atoms with E-state index in [0.717, 1.165) is 19.6 Å². The zero-order valence-corrected chi connectivity index (χ0v) is 10.3. The molecule has 0 bridgehead atoms. The highest BCUT2D eigenvalue weighted by Gasteiger charge is 2.24. The standard InChI is InChI=1S/C11H25NO2/c1-6-11(4,5)12(9-13-7-2)10-14-8-3/h6-10H2,1-5H3. The molecule has 0 radical (unpaired) electrons. The van der Waals surface area contributed by atoms with Crippen LogP contribution in [0.25, 0.3) is 0 Å². The molecule has 0 atom stereocenters. The minimum atomic E-state index is 0.143. The lowest BCUT2D eigenvalue weighted by Gasteiger charge is -2.37. The van der Waals surface area contributed by atoms with E-state index in [2.05, 4.69) is 25.7 Å². The molecule has 86 valence electrons. The highest BCUT2D eigenvalue weighted by molar-refractivity contribution is 4.76. The quantitative estimate of drug-likeness (QED) is 0.566. The Morgan fingerprint density at radius 2 is 1.36 bits per heavy atom. The Morgan fingerprint density at radius 1 is 0.929 bits per heavy atom. The SMILES string of the molecule is CCOCN(COCC)C(C)(C)CC. The van der Waals surface area contributed by atoms with E-state index in [1.165, 1.54) is 0 Å². The first-order valence-electron chi connectivity index (χ1n) is 5.49. The molecule has 0 fully saturated rings. The molecule has 0 unspecified atom stereocenters. The lowest BCUT2D eigenvalue weighted by atomic mass is 10.0. The maximum absolute atomic E-state index is 5.43. The van der Waals surface area contributed by atoms with Crippen LogP contribution >= 0.6 is 0 Å². The van der Waals surface area contributed by atoms with Crippen LogP contribution in [0, 0.1) is 0 Å². The van der Waals surface area contributed by atoms with Crippen LogP contribution in [0.3, 0.4) is 0 Å². The van der Waals surface area contributed by atoms with E-state index >= 15 is 0 Å². The van der Waals surface area contributed by atoms with Gasteiger partial charge in [0.05, 0.1) is 0 Å². The van der Waals surface area contributed by atoms with Crippen molar-refractivity contribution in [2.75, 3.05) is 26.7 Å². The Balaban J connectivity index is 4.08. The summed E-state index contributed by atoms with van der Waals surface area (Å²) in [7, 11) is 0. The number of hydrogen-bond acceptors (Lipinski definition) is 3. The predicted octanol–water partition coefficient (Wildman–Crippen LogP) is 2.47. The molecule has 0 aliphatic heterocycles. The van der Waals surface area contributed by atoms with Crippen LogP contribution < -0.4 is 0 Å². The van der Waals surface area contributed by atoms with Crippen molar-refractivity contribution in [3.63, 3.8) is 0 Å². The molecule has 14 heavy (non-hydrogen) atoms. The molecule has 0 aliphatic carbocycles. The molecule has 0 aliphatic rings. The predicted molar refractivity (Wildman–Crippen MR) is 59.2 cm³/mol. The smallest absolute Gasteiger partial charge is 0.101 e. The molecule has 3 nitrogen and oxygen atoms in total. The van der Waals surface area contributed by atoms with Gasteiger partial charge < -0.3 is 9.47 Å². The van der Waals surface area contributed by atoms with Gasteiger partial charge in [0.25, 0.3) is 0 Å². The number of nitrogens with zero attached hydrogens (tertiary/aromatic N) is 1. The zero-order valence-electron chi connectivity index (χ0n) is 10.3. The van der Waals surface area contributed by atoms with Crippen LogP contribution in [0.15, 0.2) is 0 Å².